The van der Waals surface area contributed by atoms with Gasteiger partial charge in [0, 0.05) is 18.3 Å². The summed E-state index contributed by atoms with van der Waals surface area (Å²) in [7, 11) is 0. The van der Waals surface area contributed by atoms with E-state index in [1.807, 2.05) is 16.9 Å². The number of hydrogen-bond acceptors (Lipinski definition) is 2. The number of aromatic nitrogens is 2. The zero-order chi connectivity index (χ0) is 11.9. The number of unbranched alkanes of at least 4 members (excludes halogenated alkanes) is 1. The number of aryl methyl sites for hydroxylation is 2. The Bertz CT molecular complexity index is 436. The highest BCUT2D eigenvalue weighted by molar-refractivity contribution is 5.14. The zero-order valence-corrected chi connectivity index (χ0v) is 9.92. The zero-order valence-electron chi connectivity index (χ0n) is 9.92. The van der Waals surface area contributed by atoms with Crippen LogP contribution in [-0.2, 0) is 19.6 Å². The molecule has 0 spiro atoms. The Kier molecular flexibility index (Phi) is 4.33. The number of aliphatic hydroxyl groups excluding tert-OH is 1. The molecule has 1 aromatic carbocycles. The van der Waals surface area contributed by atoms with Gasteiger partial charge in [-0.1, -0.05) is 30.3 Å². The van der Waals surface area contributed by atoms with E-state index in [9.17, 15) is 0 Å². The molecule has 17 heavy (non-hydrogen) atoms. The molecule has 0 aliphatic rings. The van der Waals surface area contributed by atoms with Crippen molar-refractivity contribution in [2.45, 2.75) is 32.4 Å². The third-order valence-corrected chi connectivity index (χ3v) is 2.81. The van der Waals surface area contributed by atoms with Gasteiger partial charge in [0.25, 0.3) is 0 Å². The number of rotatable bonds is 6. The lowest BCUT2D eigenvalue weighted by Gasteiger charge is -2.02. The van der Waals surface area contributed by atoms with Gasteiger partial charge >= 0.3 is 0 Å². The van der Waals surface area contributed by atoms with Crippen LogP contribution in [0.25, 0.3) is 0 Å². The van der Waals surface area contributed by atoms with Crippen molar-refractivity contribution in [2.75, 3.05) is 0 Å². The van der Waals surface area contributed by atoms with Crippen LogP contribution in [0.2, 0.25) is 0 Å². The third kappa shape index (κ3) is 3.71. The molecular weight excluding hydrogens is 212 g/mol. The minimum atomic E-state index is 0.0734. The average Bonchev–Trinajstić information content (AvgIpc) is 2.84. The van der Waals surface area contributed by atoms with Gasteiger partial charge in [-0.25, -0.2) is 0 Å². The smallest absolute Gasteiger partial charge is 0.0712 e. The van der Waals surface area contributed by atoms with Crippen LogP contribution in [0.15, 0.2) is 42.7 Å². The van der Waals surface area contributed by atoms with Crippen molar-refractivity contribution in [3.05, 3.63) is 53.9 Å². The summed E-state index contributed by atoms with van der Waals surface area (Å²) in [5.74, 6) is 0. The van der Waals surface area contributed by atoms with E-state index in [1.54, 1.807) is 6.20 Å². The number of aliphatic hydroxyl groups is 1. The first-order valence-electron chi connectivity index (χ1n) is 6.04. The fraction of sp³-hybridized carbons (Fsp3) is 0.357. The lowest BCUT2D eigenvalue weighted by atomic mass is 10.1. The Morgan fingerprint density at radius 1 is 1.06 bits per heavy atom. The molecule has 1 N–H and O–H groups in total. The molecule has 0 aliphatic heterocycles. The van der Waals surface area contributed by atoms with Crippen LogP contribution in [0.5, 0.6) is 0 Å². The molecule has 1 heterocycles. The number of nitrogens with zero attached hydrogens (tertiary/aromatic N) is 2. The molecule has 3 heteroatoms. The van der Waals surface area contributed by atoms with Gasteiger partial charge in [-0.15, -0.1) is 0 Å². The first kappa shape index (κ1) is 11.9. The molecule has 90 valence electrons. The van der Waals surface area contributed by atoms with E-state index >= 15 is 0 Å². The van der Waals surface area contributed by atoms with Crippen LogP contribution in [0.1, 0.15) is 24.0 Å². The van der Waals surface area contributed by atoms with E-state index in [0.29, 0.717) is 0 Å². The standard InChI is InChI=1S/C14H18N2O/c17-12-14-10-15-16(11-14)9-5-4-8-13-6-2-1-3-7-13/h1-3,6-7,10-11,17H,4-5,8-9,12H2. The summed E-state index contributed by atoms with van der Waals surface area (Å²) < 4.78 is 1.90. The van der Waals surface area contributed by atoms with Gasteiger partial charge in [0.1, 0.15) is 0 Å². The van der Waals surface area contributed by atoms with Gasteiger partial charge in [0.05, 0.1) is 12.8 Å². The van der Waals surface area contributed by atoms with Crippen molar-refractivity contribution in [1.29, 1.82) is 0 Å². The maximum atomic E-state index is 8.92. The lowest BCUT2D eigenvalue weighted by molar-refractivity contribution is 0.281. The second kappa shape index (κ2) is 6.21. The molecule has 1 aromatic heterocycles. The van der Waals surface area contributed by atoms with E-state index in [2.05, 4.69) is 29.4 Å². The summed E-state index contributed by atoms with van der Waals surface area (Å²) in [6.07, 6.45) is 7.02. The summed E-state index contributed by atoms with van der Waals surface area (Å²) in [5, 5.41) is 13.1. The van der Waals surface area contributed by atoms with Gasteiger partial charge in [-0.3, -0.25) is 4.68 Å². The fourth-order valence-corrected chi connectivity index (χ4v) is 1.86. The molecule has 0 radical (unpaired) electrons. The number of benzene rings is 1. The van der Waals surface area contributed by atoms with Gasteiger partial charge in [0.15, 0.2) is 0 Å². The predicted octanol–water partition coefficient (Wildman–Crippen LogP) is 2.40. The highest BCUT2D eigenvalue weighted by atomic mass is 16.3. The normalized spacial score (nSPS) is 10.6. The molecule has 0 saturated heterocycles. The Morgan fingerprint density at radius 3 is 2.59 bits per heavy atom. The third-order valence-electron chi connectivity index (χ3n) is 2.81. The van der Waals surface area contributed by atoms with Gasteiger partial charge in [-0.2, -0.15) is 5.10 Å². The summed E-state index contributed by atoms with van der Waals surface area (Å²) in [6.45, 7) is 0.997. The Hall–Kier alpha value is -1.61. The minimum Gasteiger partial charge on any atom is -0.392 e. The van der Waals surface area contributed by atoms with Crippen molar-refractivity contribution < 1.29 is 5.11 Å². The molecule has 3 nitrogen and oxygen atoms in total. The second-order valence-electron chi connectivity index (χ2n) is 4.21. The van der Waals surface area contributed by atoms with Crippen LogP contribution < -0.4 is 0 Å². The molecule has 0 amide bonds. The highest BCUT2D eigenvalue weighted by Gasteiger charge is 1.97. The SMILES string of the molecule is OCc1cnn(CCCCc2ccccc2)c1. The van der Waals surface area contributed by atoms with Gasteiger partial charge in [-0.05, 0) is 24.8 Å². The molecule has 0 saturated carbocycles. The Balaban J connectivity index is 1.69. The summed E-state index contributed by atoms with van der Waals surface area (Å²) in [4.78, 5) is 0. The number of hydrogen-bond donors (Lipinski definition) is 1. The Morgan fingerprint density at radius 2 is 1.88 bits per heavy atom. The van der Waals surface area contributed by atoms with Crippen LogP contribution in [0.4, 0.5) is 0 Å². The molecular formula is C14H18N2O. The van der Waals surface area contributed by atoms with Crippen LogP contribution >= 0.6 is 0 Å². The van der Waals surface area contributed by atoms with Gasteiger partial charge in [0.2, 0.25) is 0 Å². The Labute approximate surface area is 102 Å². The summed E-state index contributed by atoms with van der Waals surface area (Å²) in [6, 6.07) is 10.5. The summed E-state index contributed by atoms with van der Waals surface area (Å²) >= 11 is 0. The monoisotopic (exact) mass is 230 g/mol. The first-order chi connectivity index (χ1) is 8.38. The van der Waals surface area contributed by atoms with E-state index in [1.165, 1.54) is 12.0 Å². The van der Waals surface area contributed by atoms with Crippen molar-refractivity contribution in [2.24, 2.45) is 0 Å². The second-order valence-corrected chi connectivity index (χ2v) is 4.21. The van der Waals surface area contributed by atoms with E-state index in [0.717, 1.165) is 24.9 Å². The fourth-order valence-electron chi connectivity index (χ4n) is 1.86. The van der Waals surface area contributed by atoms with E-state index in [4.69, 9.17) is 5.11 Å². The summed E-state index contributed by atoms with van der Waals surface area (Å²) in [5.41, 5.74) is 2.28. The van der Waals surface area contributed by atoms with Crippen LogP contribution in [-0.4, -0.2) is 14.9 Å². The lowest BCUT2D eigenvalue weighted by Crippen LogP contribution is -1.99. The maximum absolute atomic E-state index is 8.92. The highest BCUT2D eigenvalue weighted by Crippen LogP contribution is 2.06. The average molecular weight is 230 g/mol. The van der Waals surface area contributed by atoms with Gasteiger partial charge < -0.3 is 5.11 Å². The largest absolute Gasteiger partial charge is 0.392 e. The van der Waals surface area contributed by atoms with Crippen molar-refractivity contribution in [3.8, 4) is 0 Å². The quantitative estimate of drug-likeness (QED) is 0.774. The molecule has 2 aromatic rings. The van der Waals surface area contributed by atoms with Crippen molar-refractivity contribution >= 4 is 0 Å². The predicted molar refractivity (Wildman–Crippen MR) is 67.5 cm³/mol. The molecule has 2 rings (SSSR count). The molecule has 0 fully saturated rings. The van der Waals surface area contributed by atoms with Crippen molar-refractivity contribution in [3.63, 3.8) is 0 Å². The van der Waals surface area contributed by atoms with Crippen LogP contribution in [0, 0.1) is 0 Å². The van der Waals surface area contributed by atoms with E-state index < -0.39 is 0 Å². The maximum Gasteiger partial charge on any atom is 0.0712 e. The topological polar surface area (TPSA) is 38.1 Å². The molecule has 0 atom stereocenters. The first-order valence-corrected chi connectivity index (χ1v) is 6.04. The molecule has 0 bridgehead atoms. The molecule has 0 aliphatic carbocycles. The van der Waals surface area contributed by atoms with Crippen molar-refractivity contribution in [1.82, 2.24) is 9.78 Å². The molecule has 0 unspecified atom stereocenters. The van der Waals surface area contributed by atoms with Crippen LogP contribution in [0.3, 0.4) is 0 Å². The van der Waals surface area contributed by atoms with E-state index in [-0.39, 0.29) is 6.61 Å². The minimum absolute atomic E-state index is 0.0734.